The second-order valence-electron chi connectivity index (χ2n) is 6.85. The molecule has 4 rings (SSSR count). The fourth-order valence-electron chi connectivity index (χ4n) is 3.31. The summed E-state index contributed by atoms with van der Waals surface area (Å²) in [4.78, 5) is 13.0. The fraction of sp³-hybridized carbons (Fsp3) is 0.174. The van der Waals surface area contributed by atoms with E-state index in [1.165, 1.54) is 4.68 Å². The molecule has 0 bridgehead atoms. The predicted octanol–water partition coefficient (Wildman–Crippen LogP) is 3.47. The van der Waals surface area contributed by atoms with E-state index in [1.807, 2.05) is 73.7 Å². The van der Waals surface area contributed by atoms with Crippen molar-refractivity contribution in [3.63, 3.8) is 0 Å². The lowest BCUT2D eigenvalue weighted by molar-refractivity contribution is 0.130. The zero-order chi connectivity index (χ0) is 20.9. The van der Waals surface area contributed by atoms with Crippen molar-refractivity contribution in [2.45, 2.75) is 20.1 Å². The van der Waals surface area contributed by atoms with Crippen LogP contribution in [0.3, 0.4) is 0 Å². The van der Waals surface area contributed by atoms with Crippen LogP contribution in [0.4, 0.5) is 5.69 Å². The molecular formula is C23H23N5O2. The largest absolute Gasteiger partial charge is 0.394 e. The summed E-state index contributed by atoms with van der Waals surface area (Å²) in [7, 11) is 0. The number of anilines is 1. The molecule has 2 aromatic carbocycles. The number of hydrogen-bond acceptors (Lipinski definition) is 5. The van der Waals surface area contributed by atoms with E-state index >= 15 is 0 Å². The van der Waals surface area contributed by atoms with Crippen molar-refractivity contribution in [3.05, 3.63) is 88.3 Å². The summed E-state index contributed by atoms with van der Waals surface area (Å²) < 4.78 is 6.99. The van der Waals surface area contributed by atoms with Crippen LogP contribution in [0, 0.1) is 0 Å². The SMILES string of the molecule is CCOCc1nn(Cc2ccccc2)c(=O)c(N)c1-c1cc(-c2ccccc2)n[nH]1. The van der Waals surface area contributed by atoms with Gasteiger partial charge in [0.15, 0.2) is 0 Å². The summed E-state index contributed by atoms with van der Waals surface area (Å²) in [6, 6.07) is 21.3. The molecule has 0 spiro atoms. The number of nitrogen functional groups attached to an aromatic ring is 1. The summed E-state index contributed by atoms with van der Waals surface area (Å²) in [6.07, 6.45) is 0. The van der Waals surface area contributed by atoms with Gasteiger partial charge in [0, 0.05) is 12.2 Å². The standard InChI is InChI=1S/C23H23N5O2/c1-2-30-15-20-21(19-13-18(25-26-19)17-11-7-4-8-12-17)22(24)23(29)28(27-20)14-16-9-5-3-6-10-16/h3-13H,2,14-15,24H2,1H3,(H,25,26). The van der Waals surface area contributed by atoms with Crippen molar-refractivity contribution in [1.29, 1.82) is 0 Å². The molecule has 2 aromatic heterocycles. The van der Waals surface area contributed by atoms with Gasteiger partial charge in [-0.15, -0.1) is 0 Å². The van der Waals surface area contributed by atoms with Gasteiger partial charge in [-0.1, -0.05) is 60.7 Å². The zero-order valence-electron chi connectivity index (χ0n) is 16.7. The van der Waals surface area contributed by atoms with Crippen molar-refractivity contribution in [2.24, 2.45) is 0 Å². The van der Waals surface area contributed by atoms with Crippen molar-refractivity contribution in [1.82, 2.24) is 20.0 Å². The molecule has 0 atom stereocenters. The summed E-state index contributed by atoms with van der Waals surface area (Å²) in [5, 5.41) is 12.0. The second-order valence-corrected chi connectivity index (χ2v) is 6.85. The van der Waals surface area contributed by atoms with Crippen molar-refractivity contribution < 1.29 is 4.74 Å². The average Bonchev–Trinajstić information content (AvgIpc) is 3.26. The monoisotopic (exact) mass is 401 g/mol. The van der Waals surface area contributed by atoms with E-state index in [-0.39, 0.29) is 17.9 Å². The Morgan fingerprint density at radius 3 is 2.47 bits per heavy atom. The van der Waals surface area contributed by atoms with Crippen molar-refractivity contribution in [3.8, 4) is 22.5 Å². The Bertz CT molecular complexity index is 1180. The van der Waals surface area contributed by atoms with Crippen LogP contribution in [0.1, 0.15) is 18.2 Å². The third kappa shape index (κ3) is 4.01. The number of aromatic amines is 1. The molecule has 0 saturated carbocycles. The Hall–Kier alpha value is -3.71. The second kappa shape index (κ2) is 8.75. The van der Waals surface area contributed by atoms with Gasteiger partial charge in [-0.25, -0.2) is 4.68 Å². The van der Waals surface area contributed by atoms with Gasteiger partial charge in [0.05, 0.1) is 35.8 Å². The molecular weight excluding hydrogens is 378 g/mol. The number of ether oxygens (including phenoxy) is 1. The van der Waals surface area contributed by atoms with E-state index in [0.29, 0.717) is 30.1 Å². The summed E-state index contributed by atoms with van der Waals surface area (Å²) >= 11 is 0. The van der Waals surface area contributed by atoms with Crippen LogP contribution >= 0.6 is 0 Å². The Balaban J connectivity index is 1.78. The first-order valence-corrected chi connectivity index (χ1v) is 9.79. The summed E-state index contributed by atoms with van der Waals surface area (Å²) in [5.74, 6) is 0. The molecule has 0 fully saturated rings. The molecule has 152 valence electrons. The highest BCUT2D eigenvalue weighted by Gasteiger charge is 2.19. The zero-order valence-corrected chi connectivity index (χ0v) is 16.7. The minimum absolute atomic E-state index is 0.124. The van der Waals surface area contributed by atoms with Gasteiger partial charge in [-0.05, 0) is 18.6 Å². The number of aromatic nitrogens is 4. The number of H-pyrrole nitrogens is 1. The van der Waals surface area contributed by atoms with Crippen molar-refractivity contribution in [2.75, 3.05) is 12.3 Å². The molecule has 0 saturated heterocycles. The van der Waals surface area contributed by atoms with E-state index in [1.54, 1.807) is 0 Å². The predicted molar refractivity (Wildman–Crippen MR) is 117 cm³/mol. The molecule has 2 heterocycles. The number of benzene rings is 2. The maximum Gasteiger partial charge on any atom is 0.290 e. The van der Waals surface area contributed by atoms with Crippen LogP contribution in [-0.2, 0) is 17.9 Å². The third-order valence-electron chi connectivity index (χ3n) is 4.80. The van der Waals surface area contributed by atoms with E-state index in [9.17, 15) is 4.79 Å². The molecule has 3 N–H and O–H groups in total. The number of nitrogens with one attached hydrogen (secondary N) is 1. The first-order valence-electron chi connectivity index (χ1n) is 9.79. The molecule has 30 heavy (non-hydrogen) atoms. The van der Waals surface area contributed by atoms with Gasteiger partial charge < -0.3 is 10.5 Å². The number of nitrogens with two attached hydrogens (primary N) is 1. The molecule has 0 unspecified atom stereocenters. The van der Waals surface area contributed by atoms with Crippen LogP contribution in [0.15, 0.2) is 71.5 Å². The Morgan fingerprint density at radius 1 is 1.07 bits per heavy atom. The quantitative estimate of drug-likeness (QED) is 0.494. The fourth-order valence-corrected chi connectivity index (χ4v) is 3.31. The molecule has 0 amide bonds. The van der Waals surface area contributed by atoms with E-state index in [2.05, 4.69) is 15.3 Å². The van der Waals surface area contributed by atoms with E-state index < -0.39 is 0 Å². The first kappa shape index (κ1) is 19.6. The molecule has 0 aliphatic carbocycles. The third-order valence-corrected chi connectivity index (χ3v) is 4.80. The van der Waals surface area contributed by atoms with Gasteiger partial charge in [-0.2, -0.15) is 10.2 Å². The number of rotatable bonds is 7. The van der Waals surface area contributed by atoms with Gasteiger partial charge in [0.1, 0.15) is 5.69 Å². The van der Waals surface area contributed by atoms with Gasteiger partial charge in [-0.3, -0.25) is 9.89 Å². The van der Waals surface area contributed by atoms with Gasteiger partial charge in [0.25, 0.3) is 5.56 Å². The number of nitrogens with zero attached hydrogens (tertiary/aromatic N) is 3. The molecule has 7 nitrogen and oxygen atoms in total. The summed E-state index contributed by atoms with van der Waals surface area (Å²) in [5.41, 5.74) is 10.6. The maximum absolute atomic E-state index is 13.0. The minimum Gasteiger partial charge on any atom is -0.394 e. The molecule has 0 radical (unpaired) electrons. The highest BCUT2D eigenvalue weighted by Crippen LogP contribution is 2.29. The van der Waals surface area contributed by atoms with Crippen LogP contribution < -0.4 is 11.3 Å². The molecule has 4 aromatic rings. The van der Waals surface area contributed by atoms with Gasteiger partial charge in [0.2, 0.25) is 0 Å². The van der Waals surface area contributed by atoms with E-state index in [4.69, 9.17) is 10.5 Å². The Kier molecular flexibility index (Phi) is 5.72. The Labute approximate surface area is 174 Å². The maximum atomic E-state index is 13.0. The van der Waals surface area contributed by atoms with Crippen molar-refractivity contribution >= 4 is 5.69 Å². The van der Waals surface area contributed by atoms with Gasteiger partial charge >= 0.3 is 0 Å². The lowest BCUT2D eigenvalue weighted by Gasteiger charge is -2.14. The van der Waals surface area contributed by atoms with Crippen LogP contribution in [0.2, 0.25) is 0 Å². The minimum atomic E-state index is -0.343. The number of hydrogen-bond donors (Lipinski definition) is 2. The lowest BCUT2D eigenvalue weighted by Crippen LogP contribution is -2.28. The topological polar surface area (TPSA) is 98.8 Å². The van der Waals surface area contributed by atoms with Crippen LogP contribution in [-0.4, -0.2) is 26.6 Å². The lowest BCUT2D eigenvalue weighted by atomic mass is 10.1. The Morgan fingerprint density at radius 2 is 1.77 bits per heavy atom. The highest BCUT2D eigenvalue weighted by molar-refractivity contribution is 5.77. The molecule has 0 aliphatic heterocycles. The normalized spacial score (nSPS) is 11.0. The molecule has 7 heteroatoms. The average molecular weight is 401 g/mol. The van der Waals surface area contributed by atoms with E-state index in [0.717, 1.165) is 16.8 Å². The van der Waals surface area contributed by atoms with Crippen LogP contribution in [0.25, 0.3) is 22.5 Å². The van der Waals surface area contributed by atoms with Crippen LogP contribution in [0.5, 0.6) is 0 Å². The first-order chi connectivity index (χ1) is 14.7. The molecule has 0 aliphatic rings. The highest BCUT2D eigenvalue weighted by atomic mass is 16.5. The smallest absolute Gasteiger partial charge is 0.290 e. The summed E-state index contributed by atoms with van der Waals surface area (Å²) in [6.45, 7) is 3.01.